The van der Waals surface area contributed by atoms with E-state index in [1.807, 2.05) is 6.33 Å². The van der Waals surface area contributed by atoms with Crippen molar-refractivity contribution in [2.45, 2.75) is 57.4 Å². The molecule has 3 heteroatoms. The van der Waals surface area contributed by atoms with E-state index in [1.54, 1.807) is 0 Å². The zero-order chi connectivity index (χ0) is 12.1. The Bertz CT molecular complexity index is 332. The summed E-state index contributed by atoms with van der Waals surface area (Å²) in [5.41, 5.74) is 1.28. The van der Waals surface area contributed by atoms with Crippen molar-refractivity contribution in [2.75, 3.05) is 6.54 Å². The first-order chi connectivity index (χ1) is 8.31. The molecule has 1 saturated carbocycles. The molecule has 0 amide bonds. The SMILES string of the molecule is CCCNC1CCCCCC1c1cn(C)cn1. The number of nitrogens with zero attached hydrogens (tertiary/aromatic N) is 2. The smallest absolute Gasteiger partial charge is 0.0946 e. The molecule has 0 aromatic carbocycles. The summed E-state index contributed by atoms with van der Waals surface area (Å²) in [5.74, 6) is 0.616. The van der Waals surface area contributed by atoms with Crippen molar-refractivity contribution < 1.29 is 0 Å². The van der Waals surface area contributed by atoms with E-state index >= 15 is 0 Å². The lowest BCUT2D eigenvalue weighted by Gasteiger charge is -2.24. The molecule has 3 nitrogen and oxygen atoms in total. The van der Waals surface area contributed by atoms with Gasteiger partial charge in [-0.1, -0.05) is 26.2 Å². The Labute approximate surface area is 105 Å². The maximum absolute atomic E-state index is 4.56. The quantitative estimate of drug-likeness (QED) is 0.813. The van der Waals surface area contributed by atoms with E-state index in [1.165, 1.54) is 44.2 Å². The number of aryl methyl sites for hydroxylation is 1. The van der Waals surface area contributed by atoms with Crippen LogP contribution in [0.3, 0.4) is 0 Å². The van der Waals surface area contributed by atoms with E-state index in [-0.39, 0.29) is 0 Å². The maximum Gasteiger partial charge on any atom is 0.0946 e. The van der Waals surface area contributed by atoms with Gasteiger partial charge in [0.2, 0.25) is 0 Å². The second-order valence-corrected chi connectivity index (χ2v) is 5.27. The molecular formula is C14H25N3. The first-order valence-corrected chi connectivity index (χ1v) is 7.02. The van der Waals surface area contributed by atoms with Crippen LogP contribution in [0.1, 0.15) is 57.1 Å². The van der Waals surface area contributed by atoms with Gasteiger partial charge in [-0.15, -0.1) is 0 Å². The van der Waals surface area contributed by atoms with Crippen molar-refractivity contribution in [1.29, 1.82) is 0 Å². The molecule has 2 rings (SSSR count). The van der Waals surface area contributed by atoms with Crippen LogP contribution < -0.4 is 5.32 Å². The average molecular weight is 235 g/mol. The fourth-order valence-electron chi connectivity index (χ4n) is 2.86. The van der Waals surface area contributed by atoms with Crippen LogP contribution in [0.5, 0.6) is 0 Å². The summed E-state index contributed by atoms with van der Waals surface area (Å²) in [7, 11) is 2.06. The molecule has 0 radical (unpaired) electrons. The fourth-order valence-corrected chi connectivity index (χ4v) is 2.86. The number of imidazole rings is 1. The monoisotopic (exact) mass is 235 g/mol. The van der Waals surface area contributed by atoms with Gasteiger partial charge in [0.05, 0.1) is 12.0 Å². The third kappa shape index (κ3) is 3.32. The van der Waals surface area contributed by atoms with Crippen molar-refractivity contribution in [2.24, 2.45) is 7.05 Å². The maximum atomic E-state index is 4.56. The highest BCUT2D eigenvalue weighted by molar-refractivity contribution is 5.09. The second-order valence-electron chi connectivity index (χ2n) is 5.27. The van der Waals surface area contributed by atoms with Gasteiger partial charge in [0.1, 0.15) is 0 Å². The predicted molar refractivity (Wildman–Crippen MR) is 71.1 cm³/mol. The van der Waals surface area contributed by atoms with Crippen molar-refractivity contribution >= 4 is 0 Å². The molecule has 0 aliphatic heterocycles. The highest BCUT2D eigenvalue weighted by atomic mass is 15.0. The summed E-state index contributed by atoms with van der Waals surface area (Å²) in [6.45, 7) is 3.37. The summed E-state index contributed by atoms with van der Waals surface area (Å²) in [4.78, 5) is 4.56. The van der Waals surface area contributed by atoms with Gasteiger partial charge in [-0.05, 0) is 25.8 Å². The van der Waals surface area contributed by atoms with E-state index in [2.05, 4.69) is 35.0 Å². The number of rotatable bonds is 4. The minimum atomic E-state index is 0.616. The highest BCUT2D eigenvalue weighted by Gasteiger charge is 2.26. The Kier molecular flexibility index (Phi) is 4.60. The molecule has 2 unspecified atom stereocenters. The Morgan fingerprint density at radius 2 is 2.18 bits per heavy atom. The van der Waals surface area contributed by atoms with Gasteiger partial charge < -0.3 is 9.88 Å². The Morgan fingerprint density at radius 1 is 1.35 bits per heavy atom. The van der Waals surface area contributed by atoms with Crippen LogP contribution in [0.15, 0.2) is 12.5 Å². The second kappa shape index (κ2) is 6.20. The molecule has 1 heterocycles. The molecule has 1 aliphatic rings. The zero-order valence-corrected chi connectivity index (χ0v) is 11.2. The van der Waals surface area contributed by atoms with Gasteiger partial charge in [-0.2, -0.15) is 0 Å². The molecule has 1 aromatic rings. The molecule has 0 saturated heterocycles. The van der Waals surface area contributed by atoms with E-state index in [9.17, 15) is 0 Å². The van der Waals surface area contributed by atoms with Crippen LogP contribution in [-0.2, 0) is 7.05 Å². The van der Waals surface area contributed by atoms with Crippen molar-refractivity contribution in [3.63, 3.8) is 0 Å². The van der Waals surface area contributed by atoms with E-state index in [0.29, 0.717) is 12.0 Å². The van der Waals surface area contributed by atoms with Crippen LogP contribution in [0, 0.1) is 0 Å². The van der Waals surface area contributed by atoms with Gasteiger partial charge in [0.15, 0.2) is 0 Å². The van der Waals surface area contributed by atoms with E-state index in [0.717, 1.165) is 6.54 Å². The Morgan fingerprint density at radius 3 is 2.88 bits per heavy atom. The van der Waals surface area contributed by atoms with Gasteiger partial charge in [0, 0.05) is 25.2 Å². The number of hydrogen-bond acceptors (Lipinski definition) is 2. The molecule has 96 valence electrons. The first-order valence-electron chi connectivity index (χ1n) is 7.02. The van der Waals surface area contributed by atoms with E-state index in [4.69, 9.17) is 0 Å². The summed E-state index contributed by atoms with van der Waals surface area (Å²) < 4.78 is 2.07. The number of aromatic nitrogens is 2. The lowest BCUT2D eigenvalue weighted by atomic mass is 9.92. The molecule has 0 spiro atoms. The Hall–Kier alpha value is -0.830. The molecule has 1 aliphatic carbocycles. The standard InChI is InChI=1S/C14H25N3/c1-3-9-15-13-8-6-4-5-7-12(13)14-10-17(2)11-16-14/h10-13,15H,3-9H2,1-2H3. The molecule has 1 fully saturated rings. The molecule has 0 bridgehead atoms. The van der Waals surface area contributed by atoms with Crippen LogP contribution in [0.25, 0.3) is 0 Å². The average Bonchev–Trinajstić information content (AvgIpc) is 2.63. The topological polar surface area (TPSA) is 29.9 Å². The zero-order valence-electron chi connectivity index (χ0n) is 11.2. The van der Waals surface area contributed by atoms with Crippen molar-refractivity contribution in [3.05, 3.63) is 18.2 Å². The predicted octanol–water partition coefficient (Wildman–Crippen LogP) is 2.84. The number of hydrogen-bond donors (Lipinski definition) is 1. The lowest BCUT2D eigenvalue weighted by Crippen LogP contribution is -2.35. The molecule has 1 aromatic heterocycles. The summed E-state index contributed by atoms with van der Waals surface area (Å²) in [6, 6.07) is 0.632. The number of nitrogens with one attached hydrogen (secondary N) is 1. The summed E-state index contributed by atoms with van der Waals surface area (Å²) >= 11 is 0. The van der Waals surface area contributed by atoms with Gasteiger partial charge in [0.25, 0.3) is 0 Å². The fraction of sp³-hybridized carbons (Fsp3) is 0.786. The van der Waals surface area contributed by atoms with Crippen LogP contribution >= 0.6 is 0 Å². The molecule has 2 atom stereocenters. The van der Waals surface area contributed by atoms with Gasteiger partial charge in [-0.3, -0.25) is 0 Å². The first kappa shape index (κ1) is 12.6. The third-order valence-electron chi connectivity index (χ3n) is 3.78. The highest BCUT2D eigenvalue weighted by Crippen LogP contribution is 2.31. The van der Waals surface area contributed by atoms with Gasteiger partial charge in [-0.25, -0.2) is 4.98 Å². The van der Waals surface area contributed by atoms with E-state index < -0.39 is 0 Å². The molecule has 17 heavy (non-hydrogen) atoms. The van der Waals surface area contributed by atoms with Crippen molar-refractivity contribution in [1.82, 2.24) is 14.9 Å². The lowest BCUT2D eigenvalue weighted by molar-refractivity contribution is 0.406. The molecular weight excluding hydrogens is 210 g/mol. The van der Waals surface area contributed by atoms with Gasteiger partial charge >= 0.3 is 0 Å². The minimum Gasteiger partial charge on any atom is -0.340 e. The summed E-state index contributed by atoms with van der Waals surface area (Å²) in [6.07, 6.45) is 12.0. The molecule has 1 N–H and O–H groups in total. The minimum absolute atomic E-state index is 0.616. The van der Waals surface area contributed by atoms with Crippen molar-refractivity contribution in [3.8, 4) is 0 Å². The largest absolute Gasteiger partial charge is 0.340 e. The van der Waals surface area contributed by atoms with Crippen LogP contribution in [-0.4, -0.2) is 22.1 Å². The Balaban J connectivity index is 2.08. The summed E-state index contributed by atoms with van der Waals surface area (Å²) in [5, 5.41) is 3.72. The normalized spacial score (nSPS) is 25.8. The third-order valence-corrected chi connectivity index (χ3v) is 3.78. The van der Waals surface area contributed by atoms with Crippen LogP contribution in [0.4, 0.5) is 0 Å². The van der Waals surface area contributed by atoms with Crippen LogP contribution in [0.2, 0.25) is 0 Å².